The first-order valence-electron chi connectivity index (χ1n) is 12.0. The maximum atomic E-state index is 13.3. The van der Waals surface area contributed by atoms with E-state index in [-0.39, 0.29) is 23.8 Å². The highest BCUT2D eigenvalue weighted by Crippen LogP contribution is 2.19. The van der Waals surface area contributed by atoms with Crippen LogP contribution in [0.4, 0.5) is 0 Å². The van der Waals surface area contributed by atoms with Gasteiger partial charge in [-0.1, -0.05) is 55.4 Å². The van der Waals surface area contributed by atoms with Gasteiger partial charge in [-0.05, 0) is 63.7 Å². The molecule has 0 rings (SSSR count). The molecule has 0 saturated heterocycles. The van der Waals surface area contributed by atoms with Gasteiger partial charge in [-0.15, -0.1) is 0 Å². The van der Waals surface area contributed by atoms with Gasteiger partial charge in [0.2, 0.25) is 0 Å². The van der Waals surface area contributed by atoms with Crippen molar-refractivity contribution in [3.8, 4) is 0 Å². The van der Waals surface area contributed by atoms with Crippen molar-refractivity contribution in [3.63, 3.8) is 0 Å². The van der Waals surface area contributed by atoms with Crippen LogP contribution in [0.2, 0.25) is 0 Å². The summed E-state index contributed by atoms with van der Waals surface area (Å²) in [5.41, 5.74) is 0. The molecule has 0 amide bonds. The van der Waals surface area contributed by atoms with Gasteiger partial charge in [0.25, 0.3) is 0 Å². The van der Waals surface area contributed by atoms with E-state index in [9.17, 15) is 9.59 Å². The molecule has 0 aromatic carbocycles. The Morgan fingerprint density at radius 1 is 0.600 bits per heavy atom. The molecule has 0 radical (unpaired) electrons. The van der Waals surface area contributed by atoms with E-state index in [0.717, 1.165) is 51.9 Å². The average Bonchev–Trinajstić information content (AvgIpc) is 2.68. The highest BCUT2D eigenvalue weighted by molar-refractivity contribution is 5.87. The first-order chi connectivity index (χ1) is 14.2. The van der Waals surface area contributed by atoms with E-state index in [1.54, 1.807) is 0 Å². The van der Waals surface area contributed by atoms with E-state index in [1.165, 1.54) is 0 Å². The fourth-order valence-corrected chi connectivity index (χ4v) is 3.55. The van der Waals surface area contributed by atoms with Crippen molar-refractivity contribution in [3.05, 3.63) is 0 Å². The molecule has 0 N–H and O–H groups in total. The minimum absolute atomic E-state index is 0.245. The second kappa shape index (κ2) is 16.5. The van der Waals surface area contributed by atoms with Crippen LogP contribution < -0.4 is 0 Å². The number of ether oxygens (including phenoxy) is 2. The fraction of sp³-hybridized carbons (Fsp3) is 0.917. The first-order valence-corrected chi connectivity index (χ1v) is 12.0. The van der Waals surface area contributed by atoms with Crippen molar-refractivity contribution in [2.75, 3.05) is 39.4 Å². The van der Waals surface area contributed by atoms with Gasteiger partial charge in [0.1, 0.15) is 12.1 Å². The van der Waals surface area contributed by atoms with E-state index in [0.29, 0.717) is 13.2 Å². The van der Waals surface area contributed by atoms with Crippen molar-refractivity contribution in [2.45, 2.75) is 93.2 Å². The molecule has 178 valence electrons. The summed E-state index contributed by atoms with van der Waals surface area (Å²) < 4.78 is 11.4. The molecule has 0 aromatic heterocycles. The van der Waals surface area contributed by atoms with Crippen LogP contribution in [-0.2, 0) is 19.1 Å². The molecule has 6 nitrogen and oxygen atoms in total. The summed E-state index contributed by atoms with van der Waals surface area (Å²) >= 11 is 0. The van der Waals surface area contributed by atoms with Crippen LogP contribution in [0, 0.1) is 11.8 Å². The Kier molecular flexibility index (Phi) is 15.9. The summed E-state index contributed by atoms with van der Waals surface area (Å²) in [5.74, 6) is -0.133. The van der Waals surface area contributed by atoms with E-state index in [2.05, 4.69) is 37.5 Å². The van der Waals surface area contributed by atoms with Crippen LogP contribution >= 0.6 is 0 Å². The third kappa shape index (κ3) is 10.8. The van der Waals surface area contributed by atoms with Crippen molar-refractivity contribution < 1.29 is 19.1 Å². The Morgan fingerprint density at radius 2 is 0.867 bits per heavy atom. The molecular formula is C24H48N2O4. The number of nitrogens with zero attached hydrogens (tertiary/aromatic N) is 2. The average molecular weight is 429 g/mol. The third-order valence-electron chi connectivity index (χ3n) is 4.73. The third-order valence-corrected chi connectivity index (χ3v) is 4.73. The molecule has 0 aliphatic heterocycles. The van der Waals surface area contributed by atoms with Crippen molar-refractivity contribution in [1.82, 2.24) is 9.80 Å². The monoisotopic (exact) mass is 428 g/mol. The summed E-state index contributed by atoms with van der Waals surface area (Å²) in [6.07, 6.45) is 3.62. The molecule has 30 heavy (non-hydrogen) atoms. The number of carbonyl (C=O) groups excluding carboxylic acids is 2. The number of rotatable bonds is 17. The summed E-state index contributed by atoms with van der Waals surface area (Å²) in [6, 6.07) is -1.30. The summed E-state index contributed by atoms with van der Waals surface area (Å²) in [7, 11) is 0. The van der Waals surface area contributed by atoms with Crippen LogP contribution in [0.25, 0.3) is 0 Å². The molecule has 6 heteroatoms. The van der Waals surface area contributed by atoms with Crippen LogP contribution in [-0.4, -0.2) is 73.2 Å². The number of hydrogen-bond acceptors (Lipinski definition) is 6. The molecular weight excluding hydrogens is 380 g/mol. The minimum Gasteiger partial charge on any atom is -0.464 e. The van der Waals surface area contributed by atoms with Gasteiger partial charge in [0.05, 0.1) is 13.2 Å². The largest absolute Gasteiger partial charge is 0.464 e. The van der Waals surface area contributed by atoms with Gasteiger partial charge in [0, 0.05) is 0 Å². The second-order valence-corrected chi connectivity index (χ2v) is 9.01. The van der Waals surface area contributed by atoms with E-state index >= 15 is 0 Å². The molecule has 0 aromatic rings. The van der Waals surface area contributed by atoms with Crippen molar-refractivity contribution >= 4 is 11.9 Å². The zero-order valence-electron chi connectivity index (χ0n) is 20.9. The lowest BCUT2D eigenvalue weighted by atomic mass is 10.0. The smallest absolute Gasteiger partial charge is 0.325 e. The van der Waals surface area contributed by atoms with Crippen LogP contribution in [0.1, 0.15) is 81.1 Å². The maximum absolute atomic E-state index is 13.3. The van der Waals surface area contributed by atoms with Crippen LogP contribution in [0.15, 0.2) is 0 Å². The molecule has 2 unspecified atom stereocenters. The number of esters is 2. The lowest BCUT2D eigenvalue weighted by Gasteiger charge is -2.39. The van der Waals surface area contributed by atoms with E-state index in [4.69, 9.17) is 9.47 Å². The molecule has 0 spiro atoms. The standard InChI is InChI=1S/C24H48N2O4/c1-9-13-25(14-10-2)21(23(27)29-17-19(5)6)22(24(28)30-18-20(7)8)26(15-11-3)16-12-4/h19-22H,9-18H2,1-8H3. The van der Waals surface area contributed by atoms with Gasteiger partial charge in [-0.25, -0.2) is 0 Å². The van der Waals surface area contributed by atoms with Crippen LogP contribution in [0.5, 0.6) is 0 Å². The Morgan fingerprint density at radius 3 is 1.07 bits per heavy atom. The summed E-state index contributed by atoms with van der Waals surface area (Å²) in [6.45, 7) is 20.2. The quantitative estimate of drug-likeness (QED) is 0.321. The van der Waals surface area contributed by atoms with Gasteiger partial charge >= 0.3 is 11.9 Å². The molecule has 0 aliphatic carbocycles. The lowest BCUT2D eigenvalue weighted by molar-refractivity contribution is -0.165. The first kappa shape index (κ1) is 28.9. The maximum Gasteiger partial charge on any atom is 0.325 e. The van der Waals surface area contributed by atoms with Crippen molar-refractivity contribution in [2.24, 2.45) is 11.8 Å². The molecule has 2 atom stereocenters. The van der Waals surface area contributed by atoms with Gasteiger partial charge in [-0.2, -0.15) is 0 Å². The second-order valence-electron chi connectivity index (χ2n) is 9.01. The zero-order chi connectivity index (χ0) is 23.1. The topological polar surface area (TPSA) is 59.1 Å². The Labute approximate surface area is 185 Å². The Bertz CT molecular complexity index is 414. The summed E-state index contributed by atoms with van der Waals surface area (Å²) in [5, 5.41) is 0. The predicted molar refractivity (Wildman–Crippen MR) is 123 cm³/mol. The van der Waals surface area contributed by atoms with E-state index < -0.39 is 12.1 Å². The Hall–Kier alpha value is -1.14. The van der Waals surface area contributed by atoms with Gasteiger partial charge in [0.15, 0.2) is 0 Å². The molecule has 0 heterocycles. The number of hydrogen-bond donors (Lipinski definition) is 0. The van der Waals surface area contributed by atoms with Crippen molar-refractivity contribution in [1.29, 1.82) is 0 Å². The number of carbonyl (C=O) groups is 2. The zero-order valence-corrected chi connectivity index (χ0v) is 20.9. The highest BCUT2D eigenvalue weighted by atomic mass is 16.5. The summed E-state index contributed by atoms with van der Waals surface area (Å²) in [4.78, 5) is 30.9. The van der Waals surface area contributed by atoms with E-state index in [1.807, 2.05) is 27.7 Å². The van der Waals surface area contributed by atoms with Crippen LogP contribution in [0.3, 0.4) is 0 Å². The molecule has 0 aliphatic rings. The van der Waals surface area contributed by atoms with Gasteiger partial charge < -0.3 is 9.47 Å². The van der Waals surface area contributed by atoms with Gasteiger partial charge in [-0.3, -0.25) is 19.4 Å². The Balaban J connectivity index is 6.13. The molecule has 0 fully saturated rings. The lowest BCUT2D eigenvalue weighted by Crippen LogP contribution is -2.60. The predicted octanol–water partition coefficient (Wildman–Crippen LogP) is 4.37. The minimum atomic E-state index is -0.651. The molecule has 0 bridgehead atoms. The fourth-order valence-electron chi connectivity index (χ4n) is 3.55. The highest BCUT2D eigenvalue weighted by Gasteiger charge is 2.43. The molecule has 0 saturated carbocycles. The normalized spacial score (nSPS) is 13.9. The SMILES string of the molecule is CCCN(CCC)C(C(=O)OCC(C)C)C(C(=O)OCC(C)C)N(CCC)CCC.